The number of hydrogen-bond donors (Lipinski definition) is 1. The van der Waals surface area contributed by atoms with Gasteiger partial charge in [-0.25, -0.2) is 0 Å². The van der Waals surface area contributed by atoms with Gasteiger partial charge in [0.25, 0.3) is 0 Å². The quantitative estimate of drug-likeness (QED) is 0.834. The molecule has 0 amide bonds. The van der Waals surface area contributed by atoms with Crippen LogP contribution in [0.5, 0.6) is 0 Å². The van der Waals surface area contributed by atoms with Gasteiger partial charge in [-0.05, 0) is 37.3 Å². The minimum Gasteiger partial charge on any atom is -0.369 e. The third-order valence-electron chi connectivity index (χ3n) is 4.34. The van der Waals surface area contributed by atoms with Gasteiger partial charge in [-0.3, -0.25) is 0 Å². The van der Waals surface area contributed by atoms with Gasteiger partial charge in [-0.1, -0.05) is 60.3 Å². The molecule has 2 N–H and O–H groups in total. The van der Waals surface area contributed by atoms with Gasteiger partial charge in [0.2, 0.25) is 0 Å². The van der Waals surface area contributed by atoms with Crippen molar-refractivity contribution < 1.29 is 4.74 Å². The zero-order valence-corrected chi connectivity index (χ0v) is 14.1. The van der Waals surface area contributed by atoms with Crippen molar-refractivity contribution >= 4 is 15.9 Å². The number of hydrogen-bond acceptors (Lipinski definition) is 2. The van der Waals surface area contributed by atoms with Gasteiger partial charge in [0.05, 0.1) is 12.2 Å². The molecule has 112 valence electrons. The van der Waals surface area contributed by atoms with Crippen LogP contribution in [0.2, 0.25) is 0 Å². The van der Waals surface area contributed by atoms with E-state index in [2.05, 4.69) is 41.1 Å². The van der Waals surface area contributed by atoms with Crippen molar-refractivity contribution in [1.82, 2.24) is 0 Å². The smallest absolute Gasteiger partial charge is 0.0987 e. The molecule has 1 aromatic carbocycles. The minimum atomic E-state index is -0.0221. The SMILES string of the molecule is CCC1CCCC(OC(c2ccccc2Br)C(C)N)C1. The Morgan fingerprint density at radius 1 is 1.35 bits per heavy atom. The fraction of sp³-hybridized carbons (Fsp3) is 0.647. The molecular formula is C17H26BrNO. The van der Waals surface area contributed by atoms with Crippen LogP contribution in [0.15, 0.2) is 28.7 Å². The van der Waals surface area contributed by atoms with Crippen molar-refractivity contribution in [3.05, 3.63) is 34.3 Å². The summed E-state index contributed by atoms with van der Waals surface area (Å²) in [4.78, 5) is 0. The second-order valence-corrected chi connectivity index (χ2v) is 6.85. The average Bonchev–Trinajstić information content (AvgIpc) is 2.45. The Balaban J connectivity index is 2.08. The van der Waals surface area contributed by atoms with Crippen LogP contribution >= 0.6 is 15.9 Å². The van der Waals surface area contributed by atoms with Crippen LogP contribution < -0.4 is 5.73 Å². The molecule has 3 heteroatoms. The highest BCUT2D eigenvalue weighted by Crippen LogP contribution is 2.34. The van der Waals surface area contributed by atoms with Gasteiger partial charge < -0.3 is 10.5 Å². The molecule has 0 radical (unpaired) electrons. The first-order valence-corrected chi connectivity index (χ1v) is 8.56. The van der Waals surface area contributed by atoms with Crippen molar-refractivity contribution in [2.45, 2.75) is 64.2 Å². The summed E-state index contributed by atoms with van der Waals surface area (Å²) in [7, 11) is 0. The zero-order chi connectivity index (χ0) is 14.5. The summed E-state index contributed by atoms with van der Waals surface area (Å²) in [5.74, 6) is 0.821. The lowest BCUT2D eigenvalue weighted by Crippen LogP contribution is -2.32. The molecular weight excluding hydrogens is 314 g/mol. The predicted octanol–water partition coefficient (Wildman–Crippen LogP) is 4.82. The summed E-state index contributed by atoms with van der Waals surface area (Å²) in [5.41, 5.74) is 7.34. The van der Waals surface area contributed by atoms with E-state index in [1.807, 2.05) is 13.0 Å². The molecule has 2 rings (SSSR count). The van der Waals surface area contributed by atoms with Gasteiger partial charge in [-0.15, -0.1) is 0 Å². The lowest BCUT2D eigenvalue weighted by molar-refractivity contribution is -0.0511. The second-order valence-electron chi connectivity index (χ2n) is 6.00. The van der Waals surface area contributed by atoms with Crippen molar-refractivity contribution in [3.63, 3.8) is 0 Å². The Bertz CT molecular complexity index is 421. The van der Waals surface area contributed by atoms with Gasteiger partial charge >= 0.3 is 0 Å². The van der Waals surface area contributed by atoms with E-state index in [0.29, 0.717) is 6.10 Å². The Morgan fingerprint density at radius 3 is 2.75 bits per heavy atom. The summed E-state index contributed by atoms with van der Waals surface area (Å²) in [6, 6.07) is 8.24. The van der Waals surface area contributed by atoms with Crippen LogP contribution in [0, 0.1) is 5.92 Å². The van der Waals surface area contributed by atoms with Gasteiger partial charge in [-0.2, -0.15) is 0 Å². The molecule has 0 spiro atoms. The maximum atomic E-state index is 6.40. The molecule has 1 fully saturated rings. The fourth-order valence-corrected chi connectivity index (χ4v) is 3.64. The highest BCUT2D eigenvalue weighted by molar-refractivity contribution is 9.10. The first kappa shape index (κ1) is 16.0. The van der Waals surface area contributed by atoms with Crippen molar-refractivity contribution in [1.29, 1.82) is 0 Å². The van der Waals surface area contributed by atoms with E-state index in [-0.39, 0.29) is 12.1 Å². The summed E-state index contributed by atoms with van der Waals surface area (Å²) >= 11 is 3.62. The molecule has 4 unspecified atom stereocenters. The maximum Gasteiger partial charge on any atom is 0.0987 e. The molecule has 0 aliphatic heterocycles. The fourth-order valence-electron chi connectivity index (χ4n) is 3.13. The number of benzene rings is 1. The van der Waals surface area contributed by atoms with Crippen molar-refractivity contribution in [2.24, 2.45) is 11.7 Å². The Kier molecular flexibility index (Phi) is 6.06. The Labute approximate surface area is 131 Å². The number of nitrogens with two attached hydrogens (primary N) is 1. The van der Waals surface area contributed by atoms with Crippen LogP contribution in [0.4, 0.5) is 0 Å². The summed E-state index contributed by atoms with van der Waals surface area (Å²) in [5, 5.41) is 0. The molecule has 0 bridgehead atoms. The molecule has 4 atom stereocenters. The summed E-state index contributed by atoms with van der Waals surface area (Å²) in [6.07, 6.45) is 6.59. The molecule has 2 nitrogen and oxygen atoms in total. The molecule has 1 aromatic rings. The number of rotatable bonds is 5. The molecule has 0 heterocycles. The molecule has 0 saturated heterocycles. The van der Waals surface area contributed by atoms with Crippen LogP contribution in [-0.2, 0) is 4.74 Å². The monoisotopic (exact) mass is 339 g/mol. The van der Waals surface area contributed by atoms with Crippen LogP contribution in [0.1, 0.15) is 57.6 Å². The number of halogens is 1. The third-order valence-corrected chi connectivity index (χ3v) is 5.06. The lowest BCUT2D eigenvalue weighted by atomic mass is 9.85. The molecule has 20 heavy (non-hydrogen) atoms. The second kappa shape index (κ2) is 7.58. The minimum absolute atomic E-state index is 0.00398. The van der Waals surface area contributed by atoms with E-state index in [4.69, 9.17) is 10.5 Å². The topological polar surface area (TPSA) is 35.2 Å². The van der Waals surface area contributed by atoms with E-state index in [1.54, 1.807) is 0 Å². The van der Waals surface area contributed by atoms with Gasteiger partial charge in [0, 0.05) is 10.5 Å². The largest absolute Gasteiger partial charge is 0.369 e. The maximum absolute atomic E-state index is 6.40. The highest BCUT2D eigenvalue weighted by Gasteiger charge is 2.27. The first-order valence-electron chi connectivity index (χ1n) is 7.77. The van der Waals surface area contributed by atoms with E-state index in [0.717, 1.165) is 10.4 Å². The normalized spacial score (nSPS) is 26.2. The van der Waals surface area contributed by atoms with E-state index in [9.17, 15) is 0 Å². The van der Waals surface area contributed by atoms with Crippen LogP contribution in [-0.4, -0.2) is 12.1 Å². The third kappa shape index (κ3) is 4.06. The molecule has 1 aliphatic rings. The Hall–Kier alpha value is -0.380. The first-order chi connectivity index (χ1) is 9.61. The molecule has 1 aliphatic carbocycles. The van der Waals surface area contributed by atoms with E-state index < -0.39 is 0 Å². The average molecular weight is 340 g/mol. The lowest BCUT2D eigenvalue weighted by Gasteiger charge is -2.33. The Morgan fingerprint density at radius 2 is 2.10 bits per heavy atom. The van der Waals surface area contributed by atoms with Gasteiger partial charge in [0.15, 0.2) is 0 Å². The summed E-state index contributed by atoms with van der Waals surface area (Å²) in [6.45, 7) is 4.31. The van der Waals surface area contributed by atoms with Crippen molar-refractivity contribution in [2.75, 3.05) is 0 Å². The van der Waals surface area contributed by atoms with Crippen molar-refractivity contribution in [3.8, 4) is 0 Å². The van der Waals surface area contributed by atoms with Crippen LogP contribution in [0.3, 0.4) is 0 Å². The zero-order valence-electron chi connectivity index (χ0n) is 12.5. The van der Waals surface area contributed by atoms with E-state index >= 15 is 0 Å². The summed E-state index contributed by atoms with van der Waals surface area (Å²) < 4.78 is 7.48. The standard InChI is InChI=1S/C17H26BrNO/c1-3-13-7-6-8-14(11-13)20-17(12(2)19)15-9-4-5-10-16(15)18/h4-5,9-10,12-14,17H,3,6-8,11,19H2,1-2H3. The van der Waals surface area contributed by atoms with E-state index in [1.165, 1.54) is 37.7 Å². The molecule has 0 aromatic heterocycles. The molecule has 1 saturated carbocycles. The van der Waals surface area contributed by atoms with Gasteiger partial charge in [0.1, 0.15) is 0 Å². The highest BCUT2D eigenvalue weighted by atomic mass is 79.9. The predicted molar refractivity (Wildman–Crippen MR) is 87.7 cm³/mol. The number of ether oxygens (including phenoxy) is 1. The van der Waals surface area contributed by atoms with Crippen LogP contribution in [0.25, 0.3) is 0 Å².